The van der Waals surface area contributed by atoms with Crippen LogP contribution in [0.2, 0.25) is 0 Å². The smallest absolute Gasteiger partial charge is 0.255 e. The number of hydrogen-bond donors (Lipinski definition) is 1. The van der Waals surface area contributed by atoms with Gasteiger partial charge in [0.15, 0.2) is 0 Å². The molecule has 1 rings (SSSR count). The van der Waals surface area contributed by atoms with Crippen LogP contribution < -0.4 is 5.56 Å². The zero-order valence-electron chi connectivity index (χ0n) is 9.93. The fourth-order valence-corrected chi connectivity index (χ4v) is 1.45. The van der Waals surface area contributed by atoms with Gasteiger partial charge in [0.2, 0.25) is 5.56 Å². The van der Waals surface area contributed by atoms with Gasteiger partial charge in [0.05, 0.1) is 17.6 Å². The van der Waals surface area contributed by atoms with Gasteiger partial charge in [0, 0.05) is 25.4 Å². The van der Waals surface area contributed by atoms with Crippen LogP contribution in [0.15, 0.2) is 23.1 Å². The van der Waals surface area contributed by atoms with Crippen LogP contribution >= 0.6 is 0 Å². The minimum atomic E-state index is -0.241. The van der Waals surface area contributed by atoms with Gasteiger partial charge in [-0.05, 0) is 19.9 Å². The van der Waals surface area contributed by atoms with Crippen molar-refractivity contribution in [3.8, 4) is 6.07 Å². The number of nitrogens with zero attached hydrogens (tertiary/aromatic N) is 2. The summed E-state index contributed by atoms with van der Waals surface area (Å²) in [6.07, 6.45) is 1.39. The first-order chi connectivity index (χ1) is 8.08. The molecule has 1 aromatic rings. The van der Waals surface area contributed by atoms with Gasteiger partial charge >= 0.3 is 0 Å². The summed E-state index contributed by atoms with van der Waals surface area (Å²) in [5, 5.41) is 8.73. The lowest BCUT2D eigenvalue weighted by atomic mass is 10.1. The zero-order chi connectivity index (χ0) is 12.8. The Bertz CT molecular complexity index is 467. The molecule has 5 nitrogen and oxygen atoms in total. The molecule has 5 heteroatoms. The molecular formula is C12H15N3O2. The topological polar surface area (TPSA) is 77.0 Å². The second-order valence-electron chi connectivity index (χ2n) is 3.82. The molecule has 0 radical (unpaired) electrons. The van der Waals surface area contributed by atoms with E-state index in [2.05, 4.69) is 11.1 Å². The fourth-order valence-electron chi connectivity index (χ4n) is 1.45. The quantitative estimate of drug-likeness (QED) is 0.842. The summed E-state index contributed by atoms with van der Waals surface area (Å²) in [4.78, 5) is 27.0. The van der Waals surface area contributed by atoms with Gasteiger partial charge in [-0.25, -0.2) is 0 Å². The summed E-state index contributed by atoms with van der Waals surface area (Å²) in [6.45, 7) is 4.55. The van der Waals surface area contributed by atoms with E-state index in [4.69, 9.17) is 5.26 Å². The minimum absolute atomic E-state index is 0.175. The highest BCUT2D eigenvalue weighted by Gasteiger charge is 2.16. The molecule has 1 atom stereocenters. The molecule has 1 N–H and O–H groups in total. The van der Waals surface area contributed by atoms with Gasteiger partial charge in [-0.15, -0.1) is 0 Å². The number of nitrogens with one attached hydrogen (secondary N) is 1. The minimum Gasteiger partial charge on any atom is -0.338 e. The first-order valence-electron chi connectivity index (χ1n) is 5.46. The van der Waals surface area contributed by atoms with E-state index in [0.717, 1.165) is 0 Å². The van der Waals surface area contributed by atoms with Gasteiger partial charge in [-0.2, -0.15) is 5.26 Å². The summed E-state index contributed by atoms with van der Waals surface area (Å²) < 4.78 is 0. The Hall–Kier alpha value is -2.09. The molecule has 0 saturated heterocycles. The van der Waals surface area contributed by atoms with Gasteiger partial charge in [0.25, 0.3) is 5.91 Å². The van der Waals surface area contributed by atoms with Crippen molar-refractivity contribution in [1.29, 1.82) is 5.26 Å². The number of carbonyl (C=O) groups excluding carboxylic acids is 1. The van der Waals surface area contributed by atoms with E-state index in [1.807, 2.05) is 6.92 Å². The molecule has 0 aliphatic carbocycles. The average molecular weight is 233 g/mol. The summed E-state index contributed by atoms with van der Waals surface area (Å²) in [6, 6.07) is 4.89. The average Bonchev–Trinajstić information content (AvgIpc) is 2.35. The van der Waals surface area contributed by atoms with Crippen molar-refractivity contribution in [3.63, 3.8) is 0 Å². The van der Waals surface area contributed by atoms with Gasteiger partial charge in [-0.1, -0.05) is 0 Å². The van der Waals surface area contributed by atoms with E-state index < -0.39 is 0 Å². The Kier molecular flexibility index (Phi) is 4.46. The van der Waals surface area contributed by atoms with Crippen LogP contribution in [0.1, 0.15) is 24.2 Å². The summed E-state index contributed by atoms with van der Waals surface area (Å²) in [7, 11) is 0. The van der Waals surface area contributed by atoms with Crippen molar-refractivity contribution in [3.05, 3.63) is 34.2 Å². The van der Waals surface area contributed by atoms with E-state index in [1.54, 1.807) is 11.8 Å². The van der Waals surface area contributed by atoms with E-state index in [-0.39, 0.29) is 17.4 Å². The molecule has 17 heavy (non-hydrogen) atoms. The molecule has 0 aromatic carbocycles. The molecule has 0 saturated carbocycles. The van der Waals surface area contributed by atoms with Crippen molar-refractivity contribution >= 4 is 5.91 Å². The Balaban J connectivity index is 2.83. The largest absolute Gasteiger partial charge is 0.338 e. The summed E-state index contributed by atoms with van der Waals surface area (Å²) in [5.74, 6) is -0.382. The Morgan fingerprint density at radius 2 is 2.29 bits per heavy atom. The molecule has 90 valence electrons. The number of amides is 1. The standard InChI is InChI=1S/C12H15N3O2/c1-3-15(8-9(2)6-13)12(17)10-4-5-11(16)14-7-10/h4-5,7,9H,3,8H2,1-2H3,(H,14,16). The van der Waals surface area contributed by atoms with Crippen molar-refractivity contribution < 1.29 is 4.79 Å². The van der Waals surface area contributed by atoms with Crippen molar-refractivity contribution in [1.82, 2.24) is 9.88 Å². The summed E-state index contributed by atoms with van der Waals surface area (Å²) in [5.41, 5.74) is 0.187. The third-order valence-electron chi connectivity index (χ3n) is 2.41. The first kappa shape index (κ1) is 13.0. The number of hydrogen-bond acceptors (Lipinski definition) is 3. The van der Waals surface area contributed by atoms with Gasteiger partial charge < -0.3 is 9.88 Å². The number of aromatic amines is 1. The Morgan fingerprint density at radius 1 is 1.59 bits per heavy atom. The molecule has 1 amide bonds. The molecule has 1 aromatic heterocycles. The third-order valence-corrected chi connectivity index (χ3v) is 2.41. The molecular weight excluding hydrogens is 218 g/mol. The number of pyridine rings is 1. The molecule has 0 aliphatic rings. The summed E-state index contributed by atoms with van der Waals surface area (Å²) >= 11 is 0. The third kappa shape index (κ3) is 3.45. The maximum Gasteiger partial charge on any atom is 0.255 e. The zero-order valence-corrected chi connectivity index (χ0v) is 9.93. The lowest BCUT2D eigenvalue weighted by Crippen LogP contribution is -2.34. The van der Waals surface area contributed by atoms with Crippen LogP contribution in [0.5, 0.6) is 0 Å². The number of rotatable bonds is 4. The van der Waals surface area contributed by atoms with E-state index in [1.165, 1.54) is 18.3 Å². The maximum absolute atomic E-state index is 12.0. The van der Waals surface area contributed by atoms with E-state index in [9.17, 15) is 9.59 Å². The fraction of sp³-hybridized carbons (Fsp3) is 0.417. The van der Waals surface area contributed by atoms with Gasteiger partial charge in [-0.3, -0.25) is 9.59 Å². The maximum atomic E-state index is 12.0. The number of carbonyl (C=O) groups is 1. The Labute approximate surface area is 99.7 Å². The highest BCUT2D eigenvalue weighted by atomic mass is 16.2. The second kappa shape index (κ2) is 5.85. The Morgan fingerprint density at radius 3 is 2.76 bits per heavy atom. The lowest BCUT2D eigenvalue weighted by molar-refractivity contribution is 0.0752. The van der Waals surface area contributed by atoms with Crippen LogP contribution in [0.25, 0.3) is 0 Å². The highest BCUT2D eigenvalue weighted by Crippen LogP contribution is 2.05. The monoisotopic (exact) mass is 233 g/mol. The van der Waals surface area contributed by atoms with Crippen molar-refractivity contribution in [2.24, 2.45) is 5.92 Å². The van der Waals surface area contributed by atoms with Gasteiger partial charge in [0.1, 0.15) is 0 Å². The molecule has 1 unspecified atom stereocenters. The number of H-pyrrole nitrogens is 1. The van der Waals surface area contributed by atoms with Crippen molar-refractivity contribution in [2.75, 3.05) is 13.1 Å². The molecule has 0 fully saturated rings. The van der Waals surface area contributed by atoms with Crippen LogP contribution in [0.4, 0.5) is 0 Å². The normalized spacial score (nSPS) is 11.6. The number of aromatic nitrogens is 1. The van der Waals surface area contributed by atoms with E-state index >= 15 is 0 Å². The molecule has 1 heterocycles. The number of nitriles is 1. The molecule has 0 bridgehead atoms. The van der Waals surface area contributed by atoms with Crippen LogP contribution in [-0.2, 0) is 0 Å². The SMILES string of the molecule is CCN(CC(C)C#N)C(=O)c1ccc(=O)[nH]c1. The molecule has 0 spiro atoms. The lowest BCUT2D eigenvalue weighted by Gasteiger charge is -2.21. The van der Waals surface area contributed by atoms with Crippen LogP contribution in [0.3, 0.4) is 0 Å². The van der Waals surface area contributed by atoms with Crippen LogP contribution in [0, 0.1) is 17.2 Å². The predicted molar refractivity (Wildman–Crippen MR) is 63.4 cm³/mol. The second-order valence-corrected chi connectivity index (χ2v) is 3.82. The first-order valence-corrected chi connectivity index (χ1v) is 5.46. The predicted octanol–water partition coefficient (Wildman–Crippen LogP) is 0.997. The van der Waals surface area contributed by atoms with Crippen LogP contribution in [-0.4, -0.2) is 28.9 Å². The highest BCUT2D eigenvalue weighted by molar-refractivity contribution is 5.93. The molecule has 0 aliphatic heterocycles. The van der Waals surface area contributed by atoms with Crippen molar-refractivity contribution in [2.45, 2.75) is 13.8 Å². The van der Waals surface area contributed by atoms with E-state index in [0.29, 0.717) is 18.7 Å².